The highest BCUT2D eigenvalue weighted by molar-refractivity contribution is 5.94. The number of fused-ring (bicyclic) bond motifs is 2. The molecule has 136 valence electrons. The number of amides is 1. The van der Waals surface area contributed by atoms with Crippen molar-refractivity contribution >= 4 is 11.6 Å². The topological polar surface area (TPSA) is 77.6 Å². The normalized spacial score (nSPS) is 19.5. The molecule has 0 fully saturated rings. The molecule has 1 amide bonds. The monoisotopic (exact) mass is 354 g/mol. The lowest BCUT2D eigenvalue weighted by molar-refractivity contribution is -0.00713. The van der Waals surface area contributed by atoms with Gasteiger partial charge in [-0.1, -0.05) is 6.07 Å². The van der Waals surface area contributed by atoms with Crippen molar-refractivity contribution in [1.82, 2.24) is 29.3 Å². The Kier molecular flexibility index (Phi) is 3.99. The van der Waals surface area contributed by atoms with Gasteiger partial charge in [-0.3, -0.25) is 13.9 Å². The first-order chi connectivity index (χ1) is 12.5. The fourth-order valence-corrected chi connectivity index (χ4v) is 3.60. The second-order valence-corrected chi connectivity index (χ2v) is 6.84. The Balaban J connectivity index is 1.64. The van der Waals surface area contributed by atoms with Crippen LogP contribution in [0.3, 0.4) is 0 Å². The number of rotatable bonds is 3. The van der Waals surface area contributed by atoms with Crippen LogP contribution >= 0.6 is 0 Å². The Hall–Kier alpha value is -2.74. The number of aromatic nitrogens is 5. The van der Waals surface area contributed by atoms with Crippen molar-refractivity contribution < 1.29 is 9.53 Å². The van der Waals surface area contributed by atoms with Gasteiger partial charge in [0.25, 0.3) is 5.91 Å². The van der Waals surface area contributed by atoms with Crippen molar-refractivity contribution in [1.29, 1.82) is 0 Å². The summed E-state index contributed by atoms with van der Waals surface area (Å²) >= 11 is 0. The second kappa shape index (κ2) is 6.21. The van der Waals surface area contributed by atoms with Crippen LogP contribution in [0.4, 0.5) is 0 Å². The number of ether oxygens (including phenoxy) is 1. The van der Waals surface area contributed by atoms with Crippen LogP contribution in [0.1, 0.15) is 47.5 Å². The van der Waals surface area contributed by atoms with Gasteiger partial charge in [0.1, 0.15) is 5.69 Å². The number of hydrogen-bond donors (Lipinski definition) is 0. The van der Waals surface area contributed by atoms with E-state index >= 15 is 0 Å². The van der Waals surface area contributed by atoms with Gasteiger partial charge >= 0.3 is 0 Å². The van der Waals surface area contributed by atoms with Crippen LogP contribution in [-0.4, -0.2) is 48.3 Å². The van der Waals surface area contributed by atoms with Gasteiger partial charge in [-0.15, -0.1) is 10.2 Å². The number of carbonyl (C=O) groups is 1. The van der Waals surface area contributed by atoms with Crippen LogP contribution in [-0.2, 0) is 24.8 Å². The summed E-state index contributed by atoms with van der Waals surface area (Å²) in [7, 11) is 3.58. The molecule has 3 aromatic rings. The van der Waals surface area contributed by atoms with Gasteiger partial charge in [0.05, 0.1) is 24.4 Å². The van der Waals surface area contributed by atoms with Gasteiger partial charge in [-0.05, 0) is 26.0 Å². The first-order valence-corrected chi connectivity index (χ1v) is 8.71. The highest BCUT2D eigenvalue weighted by atomic mass is 16.5. The Bertz CT molecular complexity index is 975. The van der Waals surface area contributed by atoms with Crippen LogP contribution < -0.4 is 0 Å². The van der Waals surface area contributed by atoms with Crippen molar-refractivity contribution in [3.05, 3.63) is 47.2 Å². The highest BCUT2D eigenvalue weighted by Crippen LogP contribution is 2.31. The summed E-state index contributed by atoms with van der Waals surface area (Å²) in [6.07, 6.45) is 2.55. The molecule has 8 heteroatoms. The first kappa shape index (κ1) is 16.7. The average Bonchev–Trinajstić information content (AvgIpc) is 3.15. The number of hydrogen-bond acceptors (Lipinski definition) is 5. The van der Waals surface area contributed by atoms with Gasteiger partial charge < -0.3 is 9.64 Å². The van der Waals surface area contributed by atoms with Gasteiger partial charge in [-0.2, -0.15) is 5.10 Å². The molecule has 0 aliphatic carbocycles. The highest BCUT2D eigenvalue weighted by Gasteiger charge is 2.32. The van der Waals surface area contributed by atoms with E-state index in [0.717, 1.165) is 22.7 Å². The number of nitrogens with zero attached hydrogens (tertiary/aromatic N) is 6. The molecule has 0 bridgehead atoms. The van der Waals surface area contributed by atoms with Crippen molar-refractivity contribution in [2.75, 3.05) is 7.05 Å². The van der Waals surface area contributed by atoms with Crippen LogP contribution in [0, 0.1) is 0 Å². The minimum Gasteiger partial charge on any atom is -0.369 e. The first-order valence-electron chi connectivity index (χ1n) is 8.71. The predicted octanol–water partition coefficient (Wildman–Crippen LogP) is 1.76. The summed E-state index contributed by atoms with van der Waals surface area (Å²) in [6, 6.07) is 5.72. The lowest BCUT2D eigenvalue weighted by Gasteiger charge is -2.25. The lowest BCUT2D eigenvalue weighted by Crippen LogP contribution is -2.31. The second-order valence-electron chi connectivity index (χ2n) is 6.84. The SMILES string of the molecule is C[C@@H]1Cc2c(nn(C)c2C(=O)N(C)Cc2nnc3ccccn23)[C@H](C)O1. The van der Waals surface area contributed by atoms with E-state index in [0.29, 0.717) is 18.7 Å². The fourth-order valence-electron chi connectivity index (χ4n) is 3.60. The van der Waals surface area contributed by atoms with Crippen molar-refractivity contribution in [2.24, 2.45) is 7.05 Å². The lowest BCUT2D eigenvalue weighted by atomic mass is 9.99. The zero-order chi connectivity index (χ0) is 18.4. The molecule has 0 N–H and O–H groups in total. The predicted molar refractivity (Wildman–Crippen MR) is 94.7 cm³/mol. The van der Waals surface area contributed by atoms with E-state index in [9.17, 15) is 4.79 Å². The van der Waals surface area contributed by atoms with E-state index < -0.39 is 0 Å². The maximum atomic E-state index is 13.1. The van der Waals surface area contributed by atoms with Crippen molar-refractivity contribution in [2.45, 2.75) is 39.0 Å². The number of pyridine rings is 1. The molecule has 8 nitrogen and oxygen atoms in total. The van der Waals surface area contributed by atoms with E-state index in [1.807, 2.05) is 49.7 Å². The fraction of sp³-hybridized carbons (Fsp3) is 0.444. The largest absolute Gasteiger partial charge is 0.369 e. The molecule has 3 aromatic heterocycles. The Morgan fingerprint density at radius 2 is 2.15 bits per heavy atom. The van der Waals surface area contributed by atoms with Crippen LogP contribution in [0.2, 0.25) is 0 Å². The third kappa shape index (κ3) is 2.66. The maximum absolute atomic E-state index is 13.1. The summed E-state index contributed by atoms with van der Waals surface area (Å²) in [6.45, 7) is 4.36. The molecule has 4 rings (SSSR count). The zero-order valence-electron chi connectivity index (χ0n) is 15.4. The summed E-state index contributed by atoms with van der Waals surface area (Å²) in [5, 5.41) is 12.9. The number of aryl methyl sites for hydroxylation is 1. The van der Waals surface area contributed by atoms with Crippen molar-refractivity contribution in [3.63, 3.8) is 0 Å². The Morgan fingerprint density at radius 1 is 1.35 bits per heavy atom. The summed E-state index contributed by atoms with van der Waals surface area (Å²) in [5.74, 6) is 0.646. The molecule has 0 spiro atoms. The molecule has 0 saturated heterocycles. The van der Waals surface area contributed by atoms with E-state index in [2.05, 4.69) is 15.3 Å². The Labute approximate surface area is 151 Å². The van der Waals surface area contributed by atoms with E-state index in [1.165, 1.54) is 0 Å². The molecule has 26 heavy (non-hydrogen) atoms. The summed E-state index contributed by atoms with van der Waals surface area (Å²) in [5.41, 5.74) is 3.23. The van der Waals surface area contributed by atoms with Gasteiger partial charge in [-0.25, -0.2) is 0 Å². The minimum absolute atomic E-state index is 0.0685. The van der Waals surface area contributed by atoms with Gasteiger partial charge in [0.2, 0.25) is 0 Å². The molecule has 1 aliphatic heterocycles. The molecule has 0 unspecified atom stereocenters. The van der Waals surface area contributed by atoms with E-state index in [4.69, 9.17) is 4.74 Å². The van der Waals surface area contributed by atoms with E-state index in [1.54, 1.807) is 16.6 Å². The molecular formula is C18H22N6O2. The third-order valence-electron chi connectivity index (χ3n) is 4.80. The smallest absolute Gasteiger partial charge is 0.272 e. The van der Waals surface area contributed by atoms with Gasteiger partial charge in [0, 0.05) is 32.3 Å². The average molecular weight is 354 g/mol. The molecule has 2 atom stereocenters. The maximum Gasteiger partial charge on any atom is 0.272 e. The van der Waals surface area contributed by atoms with E-state index in [-0.39, 0.29) is 18.1 Å². The van der Waals surface area contributed by atoms with Gasteiger partial charge in [0.15, 0.2) is 11.5 Å². The number of carbonyl (C=O) groups excluding carboxylic acids is 1. The quantitative estimate of drug-likeness (QED) is 0.716. The molecule has 1 aliphatic rings. The summed E-state index contributed by atoms with van der Waals surface area (Å²) in [4.78, 5) is 14.8. The standard InChI is InChI=1S/C18H22N6O2/c1-11-9-13-16(12(2)26-11)21-23(4)17(13)18(25)22(3)10-15-20-19-14-7-5-6-8-24(14)15/h5-8,11-12H,9-10H2,1-4H3/t11-,12+/m1/s1. The molecule has 4 heterocycles. The molecule has 0 saturated carbocycles. The molecule has 0 radical (unpaired) electrons. The summed E-state index contributed by atoms with van der Waals surface area (Å²) < 4.78 is 9.39. The third-order valence-corrected chi connectivity index (χ3v) is 4.80. The van der Waals surface area contributed by atoms with Crippen molar-refractivity contribution in [3.8, 4) is 0 Å². The zero-order valence-corrected chi connectivity index (χ0v) is 15.4. The minimum atomic E-state index is -0.104. The van der Waals surface area contributed by atoms with Crippen LogP contribution in [0.25, 0.3) is 5.65 Å². The van der Waals surface area contributed by atoms with Crippen LogP contribution in [0.5, 0.6) is 0 Å². The molecular weight excluding hydrogens is 332 g/mol. The Morgan fingerprint density at radius 3 is 2.96 bits per heavy atom. The van der Waals surface area contributed by atoms with Crippen LogP contribution in [0.15, 0.2) is 24.4 Å². The molecule has 0 aromatic carbocycles.